The first-order valence-corrected chi connectivity index (χ1v) is 8.89. The molecule has 0 radical (unpaired) electrons. The van der Waals surface area contributed by atoms with Gasteiger partial charge in [-0.2, -0.15) is 17.4 Å². The highest BCUT2D eigenvalue weighted by Gasteiger charge is 2.30. The summed E-state index contributed by atoms with van der Waals surface area (Å²) in [7, 11) is -2.08. The SMILES string of the molecule is COc1c(C)cccc1CNS(=O)(=O)N1CCC(C(=O)O)CC1. The maximum Gasteiger partial charge on any atom is 0.306 e. The Balaban J connectivity index is 2.00. The third kappa shape index (κ3) is 4.21. The first-order chi connectivity index (χ1) is 10.8. The van der Waals surface area contributed by atoms with E-state index in [0.717, 1.165) is 11.1 Å². The number of hydrogen-bond acceptors (Lipinski definition) is 4. The maximum absolute atomic E-state index is 12.3. The van der Waals surface area contributed by atoms with Crippen LogP contribution in [0.15, 0.2) is 18.2 Å². The summed E-state index contributed by atoms with van der Waals surface area (Å²) in [5.74, 6) is -0.655. The number of hydrogen-bond donors (Lipinski definition) is 2. The van der Waals surface area contributed by atoms with Gasteiger partial charge in [-0.25, -0.2) is 0 Å². The monoisotopic (exact) mass is 342 g/mol. The molecule has 2 N–H and O–H groups in total. The van der Waals surface area contributed by atoms with Crippen molar-refractivity contribution in [3.63, 3.8) is 0 Å². The molecule has 1 aliphatic rings. The molecule has 0 bridgehead atoms. The molecule has 0 aromatic heterocycles. The Bertz CT molecular complexity index is 666. The molecular formula is C15H22N2O5S. The van der Waals surface area contributed by atoms with E-state index in [4.69, 9.17) is 9.84 Å². The van der Waals surface area contributed by atoms with Crippen LogP contribution in [0.1, 0.15) is 24.0 Å². The molecule has 7 nitrogen and oxygen atoms in total. The van der Waals surface area contributed by atoms with Crippen molar-refractivity contribution in [2.45, 2.75) is 26.3 Å². The summed E-state index contributed by atoms with van der Waals surface area (Å²) < 4.78 is 33.9. The van der Waals surface area contributed by atoms with Gasteiger partial charge < -0.3 is 9.84 Å². The van der Waals surface area contributed by atoms with E-state index in [1.54, 1.807) is 7.11 Å². The molecule has 0 aliphatic carbocycles. The Hall–Kier alpha value is -1.64. The molecule has 0 amide bonds. The summed E-state index contributed by atoms with van der Waals surface area (Å²) in [6.45, 7) is 2.47. The minimum atomic E-state index is -3.63. The van der Waals surface area contributed by atoms with Crippen molar-refractivity contribution in [1.82, 2.24) is 9.03 Å². The molecule has 1 aromatic rings. The fourth-order valence-electron chi connectivity index (χ4n) is 2.75. The van der Waals surface area contributed by atoms with Crippen molar-refractivity contribution >= 4 is 16.2 Å². The molecule has 1 saturated heterocycles. The van der Waals surface area contributed by atoms with Crippen LogP contribution in [0.3, 0.4) is 0 Å². The van der Waals surface area contributed by atoms with Crippen LogP contribution in [0.4, 0.5) is 0 Å². The Morgan fingerprint density at radius 2 is 2.04 bits per heavy atom. The molecule has 128 valence electrons. The van der Waals surface area contributed by atoms with Crippen molar-refractivity contribution < 1.29 is 23.1 Å². The van der Waals surface area contributed by atoms with Crippen LogP contribution >= 0.6 is 0 Å². The second-order valence-corrected chi connectivity index (χ2v) is 7.36. The van der Waals surface area contributed by atoms with Gasteiger partial charge in [-0.05, 0) is 25.3 Å². The average molecular weight is 342 g/mol. The van der Waals surface area contributed by atoms with E-state index in [1.807, 2.05) is 25.1 Å². The quantitative estimate of drug-likeness (QED) is 0.808. The van der Waals surface area contributed by atoms with Gasteiger partial charge in [0.25, 0.3) is 10.2 Å². The van der Waals surface area contributed by atoms with E-state index < -0.39 is 22.1 Å². The number of methoxy groups -OCH3 is 1. The van der Waals surface area contributed by atoms with Crippen LogP contribution in [0.5, 0.6) is 5.75 Å². The lowest BCUT2D eigenvalue weighted by atomic mass is 9.99. The minimum Gasteiger partial charge on any atom is -0.496 e. The molecule has 1 aromatic carbocycles. The van der Waals surface area contributed by atoms with Crippen molar-refractivity contribution in [2.24, 2.45) is 5.92 Å². The highest BCUT2D eigenvalue weighted by atomic mass is 32.2. The molecule has 2 rings (SSSR count). The average Bonchev–Trinajstić information content (AvgIpc) is 2.53. The highest BCUT2D eigenvalue weighted by molar-refractivity contribution is 7.87. The topological polar surface area (TPSA) is 95.9 Å². The number of para-hydroxylation sites is 1. The molecule has 8 heteroatoms. The lowest BCUT2D eigenvalue weighted by Crippen LogP contribution is -2.45. The zero-order valence-electron chi connectivity index (χ0n) is 13.3. The molecule has 23 heavy (non-hydrogen) atoms. The van der Waals surface area contributed by atoms with Gasteiger partial charge in [-0.1, -0.05) is 18.2 Å². The summed E-state index contributed by atoms with van der Waals surface area (Å²) >= 11 is 0. The van der Waals surface area contributed by atoms with Gasteiger partial charge in [0, 0.05) is 25.2 Å². The summed E-state index contributed by atoms with van der Waals surface area (Å²) in [5.41, 5.74) is 1.70. The fraction of sp³-hybridized carbons (Fsp3) is 0.533. The number of benzene rings is 1. The minimum absolute atomic E-state index is 0.131. The number of carbonyl (C=O) groups is 1. The summed E-state index contributed by atoms with van der Waals surface area (Å²) in [6, 6.07) is 5.55. The number of nitrogens with one attached hydrogen (secondary N) is 1. The second-order valence-electron chi connectivity index (χ2n) is 5.60. The molecule has 1 fully saturated rings. The molecule has 1 heterocycles. The van der Waals surface area contributed by atoms with Crippen molar-refractivity contribution in [1.29, 1.82) is 0 Å². The van der Waals surface area contributed by atoms with Gasteiger partial charge in [0.05, 0.1) is 13.0 Å². The molecule has 0 spiro atoms. The van der Waals surface area contributed by atoms with Crippen LogP contribution in [-0.2, 0) is 21.5 Å². The molecular weight excluding hydrogens is 320 g/mol. The predicted octanol–water partition coefficient (Wildman–Crippen LogP) is 1.13. The number of nitrogens with zero attached hydrogens (tertiary/aromatic N) is 1. The Labute approximate surface area is 136 Å². The van der Waals surface area contributed by atoms with Gasteiger partial charge in [-0.3, -0.25) is 4.79 Å². The smallest absolute Gasteiger partial charge is 0.306 e. The van der Waals surface area contributed by atoms with Crippen LogP contribution < -0.4 is 9.46 Å². The van der Waals surface area contributed by atoms with Crippen molar-refractivity contribution in [3.8, 4) is 5.75 Å². The highest BCUT2D eigenvalue weighted by Crippen LogP contribution is 2.23. The number of aliphatic carboxylic acids is 1. The van der Waals surface area contributed by atoms with Gasteiger partial charge >= 0.3 is 5.97 Å². The van der Waals surface area contributed by atoms with Crippen molar-refractivity contribution in [2.75, 3.05) is 20.2 Å². The Morgan fingerprint density at radius 3 is 2.61 bits per heavy atom. The van der Waals surface area contributed by atoms with Gasteiger partial charge in [0.1, 0.15) is 5.75 Å². The number of carboxylic acid groups (broad SMARTS) is 1. The lowest BCUT2D eigenvalue weighted by molar-refractivity contribution is -0.142. The lowest BCUT2D eigenvalue weighted by Gasteiger charge is -2.29. The first-order valence-electron chi connectivity index (χ1n) is 7.45. The predicted molar refractivity (Wildman–Crippen MR) is 85.4 cm³/mol. The third-order valence-electron chi connectivity index (χ3n) is 4.09. The van der Waals surface area contributed by atoms with Crippen LogP contribution in [0, 0.1) is 12.8 Å². The maximum atomic E-state index is 12.3. The van der Waals surface area contributed by atoms with Gasteiger partial charge in [-0.15, -0.1) is 0 Å². The van der Waals surface area contributed by atoms with Crippen LogP contribution in [0.2, 0.25) is 0 Å². The van der Waals surface area contributed by atoms with E-state index in [0.29, 0.717) is 18.6 Å². The summed E-state index contributed by atoms with van der Waals surface area (Å²) in [5, 5.41) is 8.97. The van der Waals surface area contributed by atoms with E-state index >= 15 is 0 Å². The standard InChI is InChI=1S/C15H22N2O5S/c1-11-4-3-5-13(14(11)22-2)10-16-23(20,21)17-8-6-12(7-9-17)15(18)19/h3-5,12,16H,6-10H2,1-2H3,(H,18,19). The first kappa shape index (κ1) is 17.7. The van der Waals surface area contributed by atoms with Crippen LogP contribution in [0.25, 0.3) is 0 Å². The van der Waals surface area contributed by atoms with E-state index in [-0.39, 0.29) is 19.6 Å². The number of ether oxygens (including phenoxy) is 1. The number of rotatable bonds is 6. The van der Waals surface area contributed by atoms with E-state index in [1.165, 1.54) is 4.31 Å². The Kier molecular flexibility index (Phi) is 5.61. The van der Waals surface area contributed by atoms with Crippen LogP contribution in [-0.4, -0.2) is 44.0 Å². The number of piperidine rings is 1. The van der Waals surface area contributed by atoms with Gasteiger partial charge in [0.15, 0.2) is 0 Å². The second kappa shape index (κ2) is 7.29. The van der Waals surface area contributed by atoms with Crippen molar-refractivity contribution in [3.05, 3.63) is 29.3 Å². The largest absolute Gasteiger partial charge is 0.496 e. The van der Waals surface area contributed by atoms with E-state index in [2.05, 4.69) is 4.72 Å². The number of aryl methyl sites for hydroxylation is 1. The fourth-order valence-corrected chi connectivity index (χ4v) is 3.96. The van der Waals surface area contributed by atoms with Gasteiger partial charge in [0.2, 0.25) is 0 Å². The summed E-state index contributed by atoms with van der Waals surface area (Å²) in [6.07, 6.45) is 0.675. The summed E-state index contributed by atoms with van der Waals surface area (Å²) in [4.78, 5) is 10.9. The Morgan fingerprint density at radius 1 is 1.39 bits per heavy atom. The molecule has 0 unspecified atom stereocenters. The number of carboxylic acids is 1. The normalized spacial score (nSPS) is 17.1. The molecule has 0 saturated carbocycles. The molecule has 1 aliphatic heterocycles. The zero-order chi connectivity index (χ0) is 17.0. The van der Waals surface area contributed by atoms with E-state index in [9.17, 15) is 13.2 Å². The molecule has 0 atom stereocenters. The third-order valence-corrected chi connectivity index (χ3v) is 5.64. The zero-order valence-corrected chi connectivity index (χ0v) is 14.1.